The van der Waals surface area contributed by atoms with E-state index in [4.69, 9.17) is 4.99 Å². The largest absolute Gasteiger partial charge is 0.506 e. The summed E-state index contributed by atoms with van der Waals surface area (Å²) < 4.78 is 0. The van der Waals surface area contributed by atoms with E-state index in [1.54, 1.807) is 6.07 Å². The molecule has 2 aromatic carbocycles. The van der Waals surface area contributed by atoms with Gasteiger partial charge in [-0.25, -0.2) is 0 Å². The molecule has 2 saturated heterocycles. The van der Waals surface area contributed by atoms with Crippen LogP contribution < -0.4 is 15.1 Å². The van der Waals surface area contributed by atoms with Crippen LogP contribution in [0.1, 0.15) is 13.3 Å². The van der Waals surface area contributed by atoms with E-state index in [-0.39, 0.29) is 0 Å². The molecule has 2 heterocycles. The highest BCUT2D eigenvalue weighted by molar-refractivity contribution is 5.80. The van der Waals surface area contributed by atoms with E-state index >= 15 is 0 Å². The Kier molecular flexibility index (Phi) is 6.62. The number of aliphatic imine (C=N–C) groups is 1. The first-order chi connectivity index (χ1) is 14.7. The number of hydrogen-bond donors (Lipinski definition) is 2. The number of aromatic hydroxyl groups is 1. The lowest BCUT2D eigenvalue weighted by atomic mass is 10.1. The van der Waals surface area contributed by atoms with Gasteiger partial charge in [-0.1, -0.05) is 30.3 Å². The van der Waals surface area contributed by atoms with Gasteiger partial charge in [0.1, 0.15) is 5.75 Å². The van der Waals surface area contributed by atoms with E-state index in [0.717, 1.165) is 64.0 Å². The molecule has 6 heteroatoms. The second-order valence-electron chi connectivity index (χ2n) is 8.09. The van der Waals surface area contributed by atoms with E-state index in [1.165, 1.54) is 12.1 Å². The maximum atomic E-state index is 10.1. The zero-order chi connectivity index (χ0) is 20.8. The number of anilines is 2. The van der Waals surface area contributed by atoms with Crippen LogP contribution in [0.15, 0.2) is 59.6 Å². The van der Waals surface area contributed by atoms with Crippen LogP contribution in [0.4, 0.5) is 11.4 Å². The summed E-state index contributed by atoms with van der Waals surface area (Å²) in [5, 5.41) is 13.6. The Labute approximate surface area is 179 Å². The van der Waals surface area contributed by atoms with Crippen molar-refractivity contribution in [2.75, 3.05) is 62.2 Å². The third-order valence-electron chi connectivity index (χ3n) is 6.04. The number of benzene rings is 2. The number of nitrogens with one attached hydrogen (secondary N) is 1. The number of para-hydroxylation sites is 3. The van der Waals surface area contributed by atoms with E-state index in [0.29, 0.717) is 11.7 Å². The van der Waals surface area contributed by atoms with E-state index in [9.17, 15) is 5.11 Å². The second-order valence-corrected chi connectivity index (χ2v) is 8.09. The molecule has 2 aromatic rings. The Morgan fingerprint density at radius 3 is 2.43 bits per heavy atom. The van der Waals surface area contributed by atoms with Gasteiger partial charge < -0.3 is 25.1 Å². The SMILES string of the molecule is CCNC(=NCC1CCN(c2ccccc2)C1)N1CCN(c2ccccc2O)CC1. The molecule has 6 nitrogen and oxygen atoms in total. The van der Waals surface area contributed by atoms with Crippen LogP contribution >= 0.6 is 0 Å². The Morgan fingerprint density at radius 1 is 0.967 bits per heavy atom. The molecule has 0 aromatic heterocycles. The number of rotatable bonds is 5. The van der Waals surface area contributed by atoms with Crippen molar-refractivity contribution in [1.29, 1.82) is 0 Å². The number of hydrogen-bond acceptors (Lipinski definition) is 4. The summed E-state index contributed by atoms with van der Waals surface area (Å²) in [6.07, 6.45) is 1.19. The fourth-order valence-electron chi connectivity index (χ4n) is 4.39. The fourth-order valence-corrected chi connectivity index (χ4v) is 4.39. The highest BCUT2D eigenvalue weighted by atomic mass is 16.3. The van der Waals surface area contributed by atoms with Gasteiger partial charge in [-0.2, -0.15) is 0 Å². The Morgan fingerprint density at radius 2 is 1.70 bits per heavy atom. The van der Waals surface area contributed by atoms with Crippen LogP contribution in [0.3, 0.4) is 0 Å². The number of phenols is 1. The molecule has 30 heavy (non-hydrogen) atoms. The molecule has 0 radical (unpaired) electrons. The van der Waals surface area contributed by atoms with Gasteiger partial charge >= 0.3 is 0 Å². The Balaban J connectivity index is 1.33. The molecule has 0 amide bonds. The highest BCUT2D eigenvalue weighted by Crippen LogP contribution is 2.27. The smallest absolute Gasteiger partial charge is 0.194 e. The van der Waals surface area contributed by atoms with Crippen LogP contribution in [0.5, 0.6) is 5.75 Å². The van der Waals surface area contributed by atoms with E-state index in [2.05, 4.69) is 57.3 Å². The number of guanidine groups is 1. The van der Waals surface area contributed by atoms with Gasteiger partial charge in [0.2, 0.25) is 0 Å². The van der Waals surface area contributed by atoms with Crippen molar-refractivity contribution >= 4 is 17.3 Å². The van der Waals surface area contributed by atoms with E-state index in [1.807, 2.05) is 18.2 Å². The van der Waals surface area contributed by atoms with Crippen molar-refractivity contribution in [3.63, 3.8) is 0 Å². The molecule has 0 spiro atoms. The van der Waals surface area contributed by atoms with Crippen LogP contribution in [0, 0.1) is 5.92 Å². The topological polar surface area (TPSA) is 54.3 Å². The Hall–Kier alpha value is -2.89. The van der Waals surface area contributed by atoms with Gasteiger partial charge in [0.05, 0.1) is 5.69 Å². The summed E-state index contributed by atoms with van der Waals surface area (Å²) in [7, 11) is 0. The quantitative estimate of drug-likeness (QED) is 0.590. The molecule has 2 N–H and O–H groups in total. The molecule has 1 unspecified atom stereocenters. The fraction of sp³-hybridized carbons (Fsp3) is 0.458. The average molecular weight is 408 g/mol. The standard InChI is InChI=1S/C24H33N5O/c1-2-25-24(26-18-20-12-13-29(19-20)21-8-4-3-5-9-21)28-16-14-27(15-17-28)22-10-6-7-11-23(22)30/h3-11,20,30H,2,12-19H2,1H3,(H,25,26). The van der Waals surface area contributed by atoms with Gasteiger partial charge in [-0.3, -0.25) is 4.99 Å². The molecule has 2 fully saturated rings. The predicted molar refractivity (Wildman–Crippen MR) is 125 cm³/mol. The average Bonchev–Trinajstić information content (AvgIpc) is 3.27. The summed E-state index contributed by atoms with van der Waals surface area (Å²) in [6.45, 7) is 9.63. The third kappa shape index (κ3) is 4.81. The minimum atomic E-state index is 0.357. The molecule has 160 valence electrons. The van der Waals surface area contributed by atoms with Gasteiger partial charge in [0.25, 0.3) is 0 Å². The summed E-state index contributed by atoms with van der Waals surface area (Å²) in [4.78, 5) is 12.1. The van der Waals surface area contributed by atoms with Crippen LogP contribution in [-0.4, -0.2) is 68.3 Å². The van der Waals surface area contributed by atoms with Gasteiger partial charge in [0.15, 0.2) is 5.96 Å². The van der Waals surface area contributed by atoms with E-state index < -0.39 is 0 Å². The minimum Gasteiger partial charge on any atom is -0.506 e. The molecule has 0 saturated carbocycles. The lowest BCUT2D eigenvalue weighted by molar-refractivity contribution is 0.368. The summed E-state index contributed by atoms with van der Waals surface area (Å²) in [5.74, 6) is 1.98. The summed E-state index contributed by atoms with van der Waals surface area (Å²) in [6, 6.07) is 18.3. The molecule has 0 bridgehead atoms. The lowest BCUT2D eigenvalue weighted by Gasteiger charge is -2.38. The third-order valence-corrected chi connectivity index (χ3v) is 6.04. The highest BCUT2D eigenvalue weighted by Gasteiger charge is 2.24. The predicted octanol–water partition coefficient (Wildman–Crippen LogP) is 3.01. The maximum Gasteiger partial charge on any atom is 0.194 e. The first-order valence-corrected chi connectivity index (χ1v) is 11.1. The molecular weight excluding hydrogens is 374 g/mol. The molecule has 4 rings (SSSR count). The minimum absolute atomic E-state index is 0.357. The molecule has 2 aliphatic heterocycles. The van der Waals surface area contributed by atoms with Crippen molar-refractivity contribution in [3.8, 4) is 5.75 Å². The summed E-state index contributed by atoms with van der Waals surface area (Å²) >= 11 is 0. The molecule has 1 atom stereocenters. The van der Waals surface area contributed by atoms with Crippen molar-refractivity contribution < 1.29 is 5.11 Å². The first kappa shape index (κ1) is 20.4. The van der Waals surface area contributed by atoms with Gasteiger partial charge in [-0.15, -0.1) is 0 Å². The number of nitrogens with zero attached hydrogens (tertiary/aromatic N) is 4. The molecule has 0 aliphatic carbocycles. The van der Waals surface area contributed by atoms with Crippen LogP contribution in [0.2, 0.25) is 0 Å². The Bertz CT molecular complexity index is 832. The molecular formula is C24H33N5O. The van der Waals surface area contributed by atoms with Crippen molar-refractivity contribution in [3.05, 3.63) is 54.6 Å². The second kappa shape index (κ2) is 9.74. The van der Waals surface area contributed by atoms with Gasteiger partial charge in [-0.05, 0) is 43.5 Å². The number of piperazine rings is 1. The number of phenolic OH excluding ortho intramolecular Hbond substituents is 1. The first-order valence-electron chi connectivity index (χ1n) is 11.1. The zero-order valence-corrected chi connectivity index (χ0v) is 17.9. The maximum absolute atomic E-state index is 10.1. The zero-order valence-electron chi connectivity index (χ0n) is 17.9. The summed E-state index contributed by atoms with van der Waals surface area (Å²) in [5.41, 5.74) is 2.24. The lowest BCUT2D eigenvalue weighted by Crippen LogP contribution is -2.52. The van der Waals surface area contributed by atoms with Gasteiger partial charge in [0, 0.05) is 58.0 Å². The normalized spacial score (nSPS) is 20.0. The van der Waals surface area contributed by atoms with Crippen LogP contribution in [-0.2, 0) is 0 Å². The molecule has 2 aliphatic rings. The monoisotopic (exact) mass is 407 g/mol. The van der Waals surface area contributed by atoms with Crippen molar-refractivity contribution in [2.45, 2.75) is 13.3 Å². The van der Waals surface area contributed by atoms with Crippen molar-refractivity contribution in [1.82, 2.24) is 10.2 Å². The van der Waals surface area contributed by atoms with Crippen molar-refractivity contribution in [2.24, 2.45) is 10.9 Å². The van der Waals surface area contributed by atoms with Crippen LogP contribution in [0.25, 0.3) is 0 Å².